The molecule has 1 aromatic rings. The summed E-state index contributed by atoms with van der Waals surface area (Å²) in [6.07, 6.45) is 0. The van der Waals surface area contributed by atoms with E-state index in [4.69, 9.17) is 7.98 Å². The molecule has 6 nitrogen and oxygen atoms in total. The Morgan fingerprint density at radius 1 is 1.05 bits per heavy atom. The Balaban J connectivity index is 1.84. The first-order valence-electron chi connectivity index (χ1n) is 7.39. The topological polar surface area (TPSA) is 58.4 Å². The predicted molar refractivity (Wildman–Crippen MR) is 83.6 cm³/mol. The van der Waals surface area contributed by atoms with Crippen molar-refractivity contribution in [2.24, 2.45) is 0 Å². The largest absolute Gasteiger partial charge is 0.369 e. The van der Waals surface area contributed by atoms with Crippen LogP contribution < -0.4 is 15.1 Å². The van der Waals surface area contributed by atoms with Crippen molar-refractivity contribution in [3.05, 3.63) is 17.8 Å². The molecular weight excluding hydrogens is 263 g/mol. The average Bonchev–Trinajstić information content (AvgIpc) is 2.56. The lowest BCUT2D eigenvalue weighted by molar-refractivity contribution is 0.415. The highest BCUT2D eigenvalue weighted by atomic mass is 15.3. The summed E-state index contributed by atoms with van der Waals surface area (Å²) in [5.41, 5.74) is 1.55. The zero-order valence-corrected chi connectivity index (χ0v) is 12.1. The van der Waals surface area contributed by atoms with E-state index in [0.29, 0.717) is 5.69 Å². The zero-order valence-electron chi connectivity index (χ0n) is 12.1. The quantitative estimate of drug-likeness (QED) is 0.743. The van der Waals surface area contributed by atoms with Crippen LogP contribution in [0.2, 0.25) is 0 Å². The van der Waals surface area contributed by atoms with Crippen LogP contribution >= 0.6 is 0 Å². The third-order valence-electron chi connectivity index (χ3n) is 4.03. The molecule has 108 valence electrons. The summed E-state index contributed by atoms with van der Waals surface area (Å²) in [7, 11) is 5.80. The predicted octanol–water partition coefficient (Wildman–Crippen LogP) is -0.432. The van der Waals surface area contributed by atoms with Gasteiger partial charge in [-0.05, 0) is 6.07 Å². The highest BCUT2D eigenvalue weighted by Gasteiger charge is 2.18. The molecule has 0 aliphatic carbocycles. The smallest absolute Gasteiger partial charge is 0.182 e. The summed E-state index contributed by atoms with van der Waals surface area (Å²) in [6.45, 7) is 7.22. The molecule has 21 heavy (non-hydrogen) atoms. The molecular formula is C14H19BN6. The Hall–Kier alpha value is -1.78. The minimum absolute atomic E-state index is 0.483. The van der Waals surface area contributed by atoms with Gasteiger partial charge >= 0.3 is 0 Å². The molecule has 0 amide bonds. The second-order valence-electron chi connectivity index (χ2n) is 5.44. The fourth-order valence-electron chi connectivity index (χ4n) is 2.78. The van der Waals surface area contributed by atoms with Crippen LogP contribution in [0.1, 0.15) is 5.69 Å². The van der Waals surface area contributed by atoms with Crippen LogP contribution in [0.4, 0.5) is 11.5 Å². The highest BCUT2D eigenvalue weighted by Crippen LogP contribution is 2.23. The second-order valence-corrected chi connectivity index (χ2v) is 5.44. The van der Waals surface area contributed by atoms with Gasteiger partial charge in [-0.15, -0.1) is 0 Å². The van der Waals surface area contributed by atoms with Crippen molar-refractivity contribution >= 4 is 19.5 Å². The Bertz CT molecular complexity index is 529. The van der Waals surface area contributed by atoms with Crippen LogP contribution in [-0.2, 0) is 0 Å². The van der Waals surface area contributed by atoms with Crippen molar-refractivity contribution in [3.8, 4) is 6.07 Å². The van der Waals surface area contributed by atoms with Crippen molar-refractivity contribution in [2.75, 3.05) is 62.2 Å². The zero-order chi connectivity index (χ0) is 14.7. The molecule has 0 bridgehead atoms. The molecule has 2 radical (unpaired) electrons. The number of piperazine rings is 2. The number of rotatable bonds is 2. The highest BCUT2D eigenvalue weighted by molar-refractivity contribution is 6.04. The number of aromatic nitrogens is 1. The molecule has 0 atom stereocenters. The van der Waals surface area contributed by atoms with Crippen LogP contribution in [0.15, 0.2) is 12.1 Å². The molecule has 2 fully saturated rings. The molecule has 1 aromatic heterocycles. The minimum atomic E-state index is 0.483. The molecule has 1 N–H and O–H groups in total. The SMILES string of the molecule is [B]N1CCN(c2cc(C#N)nc(N3CCNCC3)c2)CC1. The van der Waals surface area contributed by atoms with E-state index in [2.05, 4.69) is 32.2 Å². The summed E-state index contributed by atoms with van der Waals surface area (Å²) >= 11 is 0. The molecule has 0 spiro atoms. The minimum Gasteiger partial charge on any atom is -0.369 e. The van der Waals surface area contributed by atoms with E-state index in [0.717, 1.165) is 63.9 Å². The summed E-state index contributed by atoms with van der Waals surface area (Å²) in [6, 6.07) is 6.15. The molecule has 0 saturated carbocycles. The van der Waals surface area contributed by atoms with Gasteiger partial charge in [0, 0.05) is 64.1 Å². The van der Waals surface area contributed by atoms with Gasteiger partial charge in [0.05, 0.1) is 0 Å². The standard InChI is InChI=1S/C14H19BN6/c15-21-7-5-19(6-8-21)13-9-12(11-16)18-14(10-13)20-3-1-17-2-4-20/h9-10,17H,1-8H2. The number of anilines is 2. The number of nitrogens with zero attached hydrogens (tertiary/aromatic N) is 5. The molecule has 0 aromatic carbocycles. The molecule has 2 saturated heterocycles. The number of nitrogens with one attached hydrogen (secondary N) is 1. The summed E-state index contributed by atoms with van der Waals surface area (Å²) in [5.74, 6) is 0.903. The third kappa shape index (κ3) is 3.28. The molecule has 3 rings (SSSR count). The molecule has 2 aliphatic rings. The molecule has 3 heterocycles. The van der Waals surface area contributed by atoms with E-state index < -0.39 is 0 Å². The Kier molecular flexibility index (Phi) is 4.27. The summed E-state index contributed by atoms with van der Waals surface area (Å²) in [4.78, 5) is 10.8. The van der Waals surface area contributed by atoms with Gasteiger partial charge < -0.3 is 19.9 Å². The summed E-state index contributed by atoms with van der Waals surface area (Å²) < 4.78 is 0. The Labute approximate surface area is 126 Å². The first-order chi connectivity index (χ1) is 10.3. The fraction of sp³-hybridized carbons (Fsp3) is 0.571. The summed E-state index contributed by atoms with van der Waals surface area (Å²) in [5, 5.41) is 12.6. The van der Waals surface area contributed by atoms with Gasteiger partial charge in [-0.3, -0.25) is 0 Å². The van der Waals surface area contributed by atoms with E-state index in [1.165, 1.54) is 0 Å². The molecule has 7 heteroatoms. The van der Waals surface area contributed by atoms with Crippen molar-refractivity contribution in [3.63, 3.8) is 0 Å². The number of hydrogen-bond donors (Lipinski definition) is 1. The van der Waals surface area contributed by atoms with E-state index in [1.807, 2.05) is 10.9 Å². The first kappa shape index (κ1) is 14.2. The van der Waals surface area contributed by atoms with Crippen molar-refractivity contribution < 1.29 is 0 Å². The first-order valence-corrected chi connectivity index (χ1v) is 7.39. The van der Waals surface area contributed by atoms with Crippen molar-refractivity contribution in [1.82, 2.24) is 15.1 Å². The number of pyridine rings is 1. The van der Waals surface area contributed by atoms with Crippen LogP contribution in [0.3, 0.4) is 0 Å². The lowest BCUT2D eigenvalue weighted by Crippen LogP contribution is -2.46. The average molecular weight is 282 g/mol. The van der Waals surface area contributed by atoms with Crippen LogP contribution in [0.25, 0.3) is 0 Å². The maximum Gasteiger partial charge on any atom is 0.182 e. The van der Waals surface area contributed by atoms with Gasteiger partial charge in [0.15, 0.2) is 7.98 Å². The van der Waals surface area contributed by atoms with Gasteiger partial charge in [-0.2, -0.15) is 5.26 Å². The third-order valence-corrected chi connectivity index (χ3v) is 4.03. The normalized spacial score (nSPS) is 20.3. The van der Waals surface area contributed by atoms with E-state index in [1.54, 1.807) is 0 Å². The van der Waals surface area contributed by atoms with Gasteiger partial charge in [0.25, 0.3) is 0 Å². The second kappa shape index (κ2) is 6.33. The van der Waals surface area contributed by atoms with Crippen molar-refractivity contribution in [2.45, 2.75) is 0 Å². The van der Waals surface area contributed by atoms with Crippen molar-refractivity contribution in [1.29, 1.82) is 5.26 Å². The Morgan fingerprint density at radius 2 is 1.76 bits per heavy atom. The molecule has 0 unspecified atom stereocenters. The van der Waals surface area contributed by atoms with Gasteiger partial charge in [-0.1, -0.05) is 0 Å². The fourth-order valence-corrected chi connectivity index (χ4v) is 2.78. The van der Waals surface area contributed by atoms with Crippen LogP contribution in [0.5, 0.6) is 0 Å². The maximum atomic E-state index is 9.24. The van der Waals surface area contributed by atoms with Gasteiger partial charge in [0.2, 0.25) is 0 Å². The van der Waals surface area contributed by atoms with Gasteiger partial charge in [-0.25, -0.2) is 4.98 Å². The van der Waals surface area contributed by atoms with E-state index in [9.17, 15) is 5.26 Å². The van der Waals surface area contributed by atoms with E-state index >= 15 is 0 Å². The van der Waals surface area contributed by atoms with E-state index in [-0.39, 0.29) is 0 Å². The van der Waals surface area contributed by atoms with Crippen LogP contribution in [0, 0.1) is 11.3 Å². The van der Waals surface area contributed by atoms with Crippen LogP contribution in [-0.4, -0.2) is 70.1 Å². The number of hydrogen-bond acceptors (Lipinski definition) is 6. The lowest BCUT2D eigenvalue weighted by Gasteiger charge is -2.35. The maximum absolute atomic E-state index is 9.24. The lowest BCUT2D eigenvalue weighted by atomic mass is 10.2. The number of nitriles is 1. The monoisotopic (exact) mass is 282 g/mol. The van der Waals surface area contributed by atoms with Gasteiger partial charge in [0.1, 0.15) is 17.6 Å². The molecule has 2 aliphatic heterocycles. The Morgan fingerprint density at radius 3 is 2.43 bits per heavy atom.